The summed E-state index contributed by atoms with van der Waals surface area (Å²) in [5.41, 5.74) is 0.459. The van der Waals surface area contributed by atoms with E-state index in [0.29, 0.717) is 12.0 Å². The summed E-state index contributed by atoms with van der Waals surface area (Å²) in [6.45, 7) is 2.23. The van der Waals surface area contributed by atoms with Crippen LogP contribution in [-0.2, 0) is 14.3 Å². The standard InChI is InChI=1S/C16H24O3/c1-2-3-4-5-6-7-8-9-10-11-12-14-13-15(17)19-16(14)18/h10-11,13H,2-9,12H2,1H3/b11-10+. The van der Waals surface area contributed by atoms with Crippen LogP contribution < -0.4 is 0 Å². The number of carbonyl (C=O) groups excluding carboxylic acids is 2. The molecular formula is C16H24O3. The molecule has 0 saturated heterocycles. The van der Waals surface area contributed by atoms with Crippen molar-refractivity contribution >= 4 is 11.9 Å². The quantitative estimate of drug-likeness (QED) is 0.258. The first-order valence-electron chi connectivity index (χ1n) is 7.35. The van der Waals surface area contributed by atoms with Gasteiger partial charge in [-0.05, 0) is 19.3 Å². The van der Waals surface area contributed by atoms with Crippen LogP contribution in [0.3, 0.4) is 0 Å². The molecular weight excluding hydrogens is 240 g/mol. The Bertz CT molecular complexity index is 353. The molecule has 0 aromatic rings. The monoisotopic (exact) mass is 264 g/mol. The Kier molecular flexibility index (Phi) is 7.87. The third-order valence-electron chi connectivity index (χ3n) is 3.23. The van der Waals surface area contributed by atoms with Gasteiger partial charge < -0.3 is 4.74 Å². The Morgan fingerprint density at radius 1 is 1.00 bits per heavy atom. The lowest BCUT2D eigenvalue weighted by atomic mass is 10.1. The van der Waals surface area contributed by atoms with Gasteiger partial charge in [0.1, 0.15) is 0 Å². The fourth-order valence-corrected chi connectivity index (χ4v) is 2.08. The topological polar surface area (TPSA) is 43.4 Å². The summed E-state index contributed by atoms with van der Waals surface area (Å²) in [5, 5.41) is 0. The molecule has 19 heavy (non-hydrogen) atoms. The van der Waals surface area contributed by atoms with Crippen LogP contribution in [0.4, 0.5) is 0 Å². The van der Waals surface area contributed by atoms with E-state index in [9.17, 15) is 9.59 Å². The molecule has 106 valence electrons. The van der Waals surface area contributed by atoms with E-state index >= 15 is 0 Å². The van der Waals surface area contributed by atoms with Gasteiger partial charge in [-0.2, -0.15) is 0 Å². The van der Waals surface area contributed by atoms with Gasteiger partial charge in [0.05, 0.1) is 0 Å². The highest BCUT2D eigenvalue weighted by molar-refractivity contribution is 6.08. The van der Waals surface area contributed by atoms with E-state index in [4.69, 9.17) is 0 Å². The van der Waals surface area contributed by atoms with Gasteiger partial charge in [0.25, 0.3) is 0 Å². The lowest BCUT2D eigenvalue weighted by Crippen LogP contribution is -2.01. The third-order valence-corrected chi connectivity index (χ3v) is 3.23. The number of hydrogen-bond acceptors (Lipinski definition) is 3. The van der Waals surface area contributed by atoms with E-state index in [1.807, 2.05) is 6.08 Å². The first-order valence-corrected chi connectivity index (χ1v) is 7.35. The van der Waals surface area contributed by atoms with Crippen LogP contribution in [0.5, 0.6) is 0 Å². The molecule has 0 aromatic heterocycles. The van der Waals surface area contributed by atoms with Crippen molar-refractivity contribution in [3.63, 3.8) is 0 Å². The predicted molar refractivity (Wildman–Crippen MR) is 75.5 cm³/mol. The maximum atomic E-state index is 11.1. The number of hydrogen-bond donors (Lipinski definition) is 0. The summed E-state index contributed by atoms with van der Waals surface area (Å²) in [6.07, 6.45) is 16.0. The van der Waals surface area contributed by atoms with Crippen LogP contribution in [0.15, 0.2) is 23.8 Å². The zero-order valence-corrected chi connectivity index (χ0v) is 11.8. The molecule has 0 N–H and O–H groups in total. The smallest absolute Gasteiger partial charge is 0.342 e. The van der Waals surface area contributed by atoms with E-state index < -0.39 is 11.9 Å². The maximum absolute atomic E-state index is 11.1. The third kappa shape index (κ3) is 6.94. The average Bonchev–Trinajstić information content (AvgIpc) is 2.70. The van der Waals surface area contributed by atoms with Gasteiger partial charge in [0.15, 0.2) is 0 Å². The second kappa shape index (κ2) is 9.54. The van der Waals surface area contributed by atoms with Crippen molar-refractivity contribution in [2.45, 2.75) is 64.7 Å². The highest BCUT2D eigenvalue weighted by Gasteiger charge is 2.21. The van der Waals surface area contributed by atoms with Crippen LogP contribution >= 0.6 is 0 Å². The number of rotatable bonds is 10. The fraction of sp³-hybridized carbons (Fsp3) is 0.625. The lowest BCUT2D eigenvalue weighted by Gasteiger charge is -1.98. The molecule has 1 rings (SSSR count). The summed E-state index contributed by atoms with van der Waals surface area (Å²) in [7, 11) is 0. The molecule has 1 aliphatic heterocycles. The normalized spacial score (nSPS) is 15.1. The van der Waals surface area contributed by atoms with Crippen molar-refractivity contribution in [2.24, 2.45) is 0 Å². The Morgan fingerprint density at radius 3 is 2.32 bits per heavy atom. The highest BCUT2D eigenvalue weighted by atomic mass is 16.6. The zero-order chi connectivity index (χ0) is 13.9. The van der Waals surface area contributed by atoms with Crippen molar-refractivity contribution in [1.29, 1.82) is 0 Å². The van der Waals surface area contributed by atoms with Crippen molar-refractivity contribution in [3.05, 3.63) is 23.8 Å². The molecule has 0 fully saturated rings. The number of esters is 2. The van der Waals surface area contributed by atoms with Crippen LogP contribution in [-0.4, -0.2) is 11.9 Å². The number of carbonyl (C=O) groups is 2. The number of ether oxygens (including phenoxy) is 1. The SMILES string of the molecule is CCCCCCCCC/C=C/CC1=CC(=O)OC1=O. The Morgan fingerprint density at radius 2 is 1.68 bits per heavy atom. The molecule has 0 aromatic carbocycles. The number of allylic oxidation sites excluding steroid dienone is 2. The number of cyclic esters (lactones) is 2. The molecule has 1 heterocycles. The summed E-state index contributed by atoms with van der Waals surface area (Å²) in [6, 6.07) is 0. The molecule has 3 nitrogen and oxygen atoms in total. The van der Waals surface area contributed by atoms with Crippen LogP contribution in [0, 0.1) is 0 Å². The van der Waals surface area contributed by atoms with E-state index in [1.165, 1.54) is 51.0 Å². The van der Waals surface area contributed by atoms with Crippen molar-refractivity contribution in [1.82, 2.24) is 0 Å². The van der Waals surface area contributed by atoms with Crippen LogP contribution in [0.25, 0.3) is 0 Å². The molecule has 0 bridgehead atoms. The minimum atomic E-state index is -0.541. The Labute approximate surface area is 115 Å². The summed E-state index contributed by atoms with van der Waals surface area (Å²) < 4.78 is 4.41. The van der Waals surface area contributed by atoms with Crippen molar-refractivity contribution < 1.29 is 14.3 Å². The molecule has 0 atom stereocenters. The summed E-state index contributed by atoms with van der Waals surface area (Å²) >= 11 is 0. The molecule has 0 radical (unpaired) electrons. The molecule has 0 amide bonds. The molecule has 0 saturated carbocycles. The molecule has 1 aliphatic rings. The number of unbranched alkanes of at least 4 members (excludes halogenated alkanes) is 7. The minimum Gasteiger partial charge on any atom is -0.386 e. The van der Waals surface area contributed by atoms with Crippen LogP contribution in [0.2, 0.25) is 0 Å². The maximum Gasteiger partial charge on any atom is 0.342 e. The molecule has 0 aliphatic carbocycles. The second-order valence-corrected chi connectivity index (χ2v) is 4.96. The Hall–Kier alpha value is -1.38. The van der Waals surface area contributed by atoms with Gasteiger partial charge in [-0.15, -0.1) is 0 Å². The van der Waals surface area contributed by atoms with Gasteiger partial charge in [0.2, 0.25) is 0 Å². The van der Waals surface area contributed by atoms with E-state index in [2.05, 4.69) is 17.7 Å². The Balaban J connectivity index is 1.98. The van der Waals surface area contributed by atoms with Crippen molar-refractivity contribution in [2.75, 3.05) is 0 Å². The molecule has 3 heteroatoms. The molecule has 0 spiro atoms. The summed E-state index contributed by atoms with van der Waals surface area (Å²) in [5.74, 6) is -1.04. The molecule has 0 unspecified atom stereocenters. The first kappa shape index (κ1) is 15.7. The van der Waals surface area contributed by atoms with Crippen LogP contribution in [0.1, 0.15) is 64.7 Å². The van der Waals surface area contributed by atoms with Gasteiger partial charge in [-0.25, -0.2) is 9.59 Å². The van der Waals surface area contributed by atoms with Gasteiger partial charge in [0, 0.05) is 11.6 Å². The van der Waals surface area contributed by atoms with E-state index in [1.54, 1.807) is 0 Å². The second-order valence-electron chi connectivity index (χ2n) is 4.96. The van der Waals surface area contributed by atoms with E-state index in [-0.39, 0.29) is 0 Å². The highest BCUT2D eigenvalue weighted by Crippen LogP contribution is 2.13. The van der Waals surface area contributed by atoms with Gasteiger partial charge in [-0.3, -0.25) is 0 Å². The van der Waals surface area contributed by atoms with Crippen molar-refractivity contribution in [3.8, 4) is 0 Å². The first-order chi connectivity index (χ1) is 9.24. The van der Waals surface area contributed by atoms with E-state index in [0.717, 1.165) is 6.42 Å². The average molecular weight is 264 g/mol. The van der Waals surface area contributed by atoms with Gasteiger partial charge >= 0.3 is 11.9 Å². The zero-order valence-electron chi connectivity index (χ0n) is 11.8. The lowest BCUT2D eigenvalue weighted by molar-refractivity contribution is -0.150. The predicted octanol–water partition coefficient (Wildman–Crippen LogP) is 4.08. The fourth-order valence-electron chi connectivity index (χ4n) is 2.08. The minimum absolute atomic E-state index is 0.459. The van der Waals surface area contributed by atoms with Gasteiger partial charge in [-0.1, -0.05) is 57.6 Å². The summed E-state index contributed by atoms with van der Waals surface area (Å²) in [4.78, 5) is 21.9. The largest absolute Gasteiger partial charge is 0.386 e.